The number of carbonyl (C=O) groups is 1. The molecule has 1 amide bonds. The molecule has 0 radical (unpaired) electrons. The van der Waals surface area contributed by atoms with E-state index in [0.29, 0.717) is 32.1 Å². The van der Waals surface area contributed by atoms with E-state index in [2.05, 4.69) is 27.6 Å². The van der Waals surface area contributed by atoms with Gasteiger partial charge in [0.1, 0.15) is 0 Å². The number of benzene rings is 2. The summed E-state index contributed by atoms with van der Waals surface area (Å²) in [6.07, 6.45) is 8.36. The SMILES string of the molecule is O=C(CSc1nnc(-c2ccc(Cl)cc2Cl)o1)Nc1ccc(C23CC4CC(CC(C4)C2)C3)cc1. The highest BCUT2D eigenvalue weighted by Crippen LogP contribution is 2.60. The highest BCUT2D eigenvalue weighted by atomic mass is 35.5. The Labute approximate surface area is 213 Å². The molecule has 0 atom stereocenters. The van der Waals surface area contributed by atoms with Crippen molar-refractivity contribution in [1.29, 1.82) is 0 Å². The molecule has 0 spiro atoms. The summed E-state index contributed by atoms with van der Waals surface area (Å²) < 4.78 is 5.66. The molecule has 1 aromatic heterocycles. The van der Waals surface area contributed by atoms with E-state index in [9.17, 15) is 4.79 Å². The van der Waals surface area contributed by atoms with Crippen LogP contribution in [0.3, 0.4) is 0 Å². The number of nitrogens with zero attached hydrogens (tertiary/aromatic N) is 2. The Bertz CT molecular complexity index is 1190. The molecule has 5 nitrogen and oxygen atoms in total. The molecular weight excluding hydrogens is 489 g/mol. The molecule has 0 unspecified atom stereocenters. The lowest BCUT2D eigenvalue weighted by atomic mass is 9.48. The Morgan fingerprint density at radius 3 is 2.32 bits per heavy atom. The number of aromatic nitrogens is 2. The third kappa shape index (κ3) is 4.36. The Morgan fingerprint density at radius 2 is 1.68 bits per heavy atom. The smallest absolute Gasteiger partial charge is 0.277 e. The predicted molar refractivity (Wildman–Crippen MR) is 135 cm³/mol. The molecule has 1 heterocycles. The van der Waals surface area contributed by atoms with Crippen LogP contribution in [0, 0.1) is 17.8 Å². The van der Waals surface area contributed by atoms with E-state index in [1.807, 2.05) is 12.1 Å². The van der Waals surface area contributed by atoms with Crippen LogP contribution in [0.4, 0.5) is 5.69 Å². The minimum absolute atomic E-state index is 0.114. The first kappa shape index (κ1) is 22.4. The van der Waals surface area contributed by atoms with Crippen molar-refractivity contribution >= 4 is 46.6 Å². The molecule has 4 fully saturated rings. The predicted octanol–water partition coefficient (Wildman–Crippen LogP) is 7.24. The molecule has 3 aromatic rings. The number of thioether (sulfide) groups is 1. The molecular formula is C26H25Cl2N3O2S. The summed E-state index contributed by atoms with van der Waals surface area (Å²) in [4.78, 5) is 12.5. The van der Waals surface area contributed by atoms with Crippen molar-refractivity contribution in [2.75, 3.05) is 11.1 Å². The van der Waals surface area contributed by atoms with Crippen molar-refractivity contribution in [3.63, 3.8) is 0 Å². The van der Waals surface area contributed by atoms with Gasteiger partial charge in [0.15, 0.2) is 0 Å². The van der Waals surface area contributed by atoms with Gasteiger partial charge in [-0.15, -0.1) is 10.2 Å². The third-order valence-corrected chi connectivity index (χ3v) is 9.08. The number of nitrogens with one attached hydrogen (secondary N) is 1. The molecule has 1 N–H and O–H groups in total. The van der Waals surface area contributed by atoms with Gasteiger partial charge in [-0.05, 0) is 97.6 Å². The normalized spacial score (nSPS) is 27.2. The number of carbonyl (C=O) groups excluding carboxylic acids is 1. The van der Waals surface area contributed by atoms with Crippen LogP contribution in [0.2, 0.25) is 10.0 Å². The second-order valence-corrected chi connectivity index (χ2v) is 11.9. The summed E-state index contributed by atoms with van der Waals surface area (Å²) in [6, 6.07) is 13.6. The van der Waals surface area contributed by atoms with Crippen LogP contribution in [-0.2, 0) is 10.2 Å². The molecule has 7 rings (SSSR count). The summed E-state index contributed by atoms with van der Waals surface area (Å²) in [7, 11) is 0. The maximum absolute atomic E-state index is 12.5. The van der Waals surface area contributed by atoms with Crippen molar-refractivity contribution < 1.29 is 9.21 Å². The molecule has 2 aromatic carbocycles. The molecule has 4 saturated carbocycles. The standard InChI is InChI=1S/C26H25Cl2N3O2S/c27-19-3-6-21(22(28)10-19)24-30-31-25(33-24)34-14-23(32)29-20-4-1-18(2-5-20)26-11-15-7-16(12-26)9-17(8-15)13-26/h1-6,10,15-17H,7-9,11-14H2,(H,29,32). The van der Waals surface area contributed by atoms with Gasteiger partial charge < -0.3 is 9.73 Å². The monoisotopic (exact) mass is 513 g/mol. The Balaban J connectivity index is 1.06. The van der Waals surface area contributed by atoms with Crippen LogP contribution in [0.5, 0.6) is 0 Å². The van der Waals surface area contributed by atoms with E-state index in [4.69, 9.17) is 27.6 Å². The van der Waals surface area contributed by atoms with E-state index in [1.54, 1.807) is 18.2 Å². The van der Waals surface area contributed by atoms with Crippen molar-refractivity contribution in [2.24, 2.45) is 17.8 Å². The van der Waals surface area contributed by atoms with Crippen molar-refractivity contribution in [3.8, 4) is 11.5 Å². The quantitative estimate of drug-likeness (QED) is 0.351. The highest BCUT2D eigenvalue weighted by Gasteiger charge is 2.51. The molecule has 8 heteroatoms. The van der Waals surface area contributed by atoms with Gasteiger partial charge >= 0.3 is 0 Å². The molecule has 4 bridgehead atoms. The van der Waals surface area contributed by atoms with E-state index >= 15 is 0 Å². The maximum Gasteiger partial charge on any atom is 0.277 e. The summed E-state index contributed by atoms with van der Waals surface area (Å²) in [5, 5.41) is 12.3. The summed E-state index contributed by atoms with van der Waals surface area (Å²) >= 11 is 13.3. The second kappa shape index (κ2) is 8.89. The topological polar surface area (TPSA) is 68.0 Å². The number of halogens is 2. The number of amides is 1. The van der Waals surface area contributed by atoms with Crippen LogP contribution in [0.1, 0.15) is 44.1 Å². The van der Waals surface area contributed by atoms with Gasteiger partial charge in [-0.1, -0.05) is 47.1 Å². The highest BCUT2D eigenvalue weighted by molar-refractivity contribution is 7.99. The summed E-state index contributed by atoms with van der Waals surface area (Å²) in [5.74, 6) is 3.12. The first-order chi connectivity index (χ1) is 16.5. The van der Waals surface area contributed by atoms with Crippen LogP contribution in [0.15, 0.2) is 52.1 Å². The molecule has 34 heavy (non-hydrogen) atoms. The zero-order valence-corrected chi connectivity index (χ0v) is 20.9. The average Bonchev–Trinajstić information content (AvgIpc) is 3.26. The van der Waals surface area contributed by atoms with Crippen LogP contribution in [-0.4, -0.2) is 21.9 Å². The van der Waals surface area contributed by atoms with Gasteiger partial charge in [-0.3, -0.25) is 4.79 Å². The molecule has 4 aliphatic carbocycles. The van der Waals surface area contributed by atoms with Crippen molar-refractivity contribution in [2.45, 2.75) is 49.2 Å². The van der Waals surface area contributed by atoms with Crippen molar-refractivity contribution in [3.05, 3.63) is 58.1 Å². The van der Waals surface area contributed by atoms with E-state index < -0.39 is 0 Å². The fourth-order valence-electron chi connectivity index (χ4n) is 6.74. The zero-order valence-electron chi connectivity index (χ0n) is 18.6. The largest absolute Gasteiger partial charge is 0.411 e. The van der Waals surface area contributed by atoms with Crippen LogP contribution < -0.4 is 5.32 Å². The first-order valence-corrected chi connectivity index (χ1v) is 13.5. The fraction of sp³-hybridized carbons (Fsp3) is 0.423. The molecule has 0 saturated heterocycles. The molecule has 4 aliphatic rings. The summed E-state index contributed by atoms with van der Waals surface area (Å²) in [5.41, 5.74) is 3.25. The Hall–Kier alpha value is -2.02. The number of hydrogen-bond acceptors (Lipinski definition) is 5. The Kier molecular flexibility index (Phi) is 5.87. The van der Waals surface area contributed by atoms with E-state index in [1.165, 1.54) is 55.9 Å². The Morgan fingerprint density at radius 1 is 1.00 bits per heavy atom. The van der Waals surface area contributed by atoms with Crippen molar-refractivity contribution in [1.82, 2.24) is 10.2 Å². The first-order valence-electron chi connectivity index (χ1n) is 11.8. The average molecular weight is 514 g/mol. The van der Waals surface area contributed by atoms with Gasteiger partial charge in [-0.25, -0.2) is 0 Å². The summed E-state index contributed by atoms with van der Waals surface area (Å²) in [6.45, 7) is 0. The van der Waals surface area contributed by atoms with E-state index in [-0.39, 0.29) is 11.7 Å². The van der Waals surface area contributed by atoms with E-state index in [0.717, 1.165) is 23.4 Å². The minimum atomic E-state index is -0.114. The minimum Gasteiger partial charge on any atom is -0.411 e. The van der Waals surface area contributed by atoms with Gasteiger partial charge in [0.05, 0.1) is 16.3 Å². The molecule has 0 aliphatic heterocycles. The fourth-order valence-corrected chi connectivity index (χ4v) is 7.79. The van der Waals surface area contributed by atoms with Gasteiger partial charge in [-0.2, -0.15) is 0 Å². The lowest BCUT2D eigenvalue weighted by molar-refractivity contribution is -0.113. The second-order valence-electron chi connectivity index (χ2n) is 10.1. The number of hydrogen-bond donors (Lipinski definition) is 1. The number of anilines is 1. The number of rotatable bonds is 6. The van der Waals surface area contributed by atoms with Gasteiger partial charge in [0.25, 0.3) is 5.22 Å². The third-order valence-electron chi connectivity index (χ3n) is 7.71. The van der Waals surface area contributed by atoms with Gasteiger partial charge in [0.2, 0.25) is 11.8 Å². The maximum atomic E-state index is 12.5. The zero-order chi connectivity index (χ0) is 23.3. The molecule has 176 valence electrons. The van der Waals surface area contributed by atoms with Crippen LogP contribution >= 0.6 is 35.0 Å². The lowest BCUT2D eigenvalue weighted by Gasteiger charge is -2.57. The lowest BCUT2D eigenvalue weighted by Crippen LogP contribution is -2.48. The van der Waals surface area contributed by atoms with Crippen LogP contribution in [0.25, 0.3) is 11.5 Å². The van der Waals surface area contributed by atoms with Gasteiger partial charge in [0, 0.05) is 10.7 Å².